The van der Waals surface area contributed by atoms with Crippen molar-refractivity contribution < 1.29 is 31.1 Å². The highest BCUT2D eigenvalue weighted by Gasteiger charge is 2.30. The number of rotatable bonds is 7. The van der Waals surface area contributed by atoms with Gasteiger partial charge in [-0.3, -0.25) is 4.79 Å². The summed E-state index contributed by atoms with van der Waals surface area (Å²) in [7, 11) is -0.803. The smallest absolute Gasteiger partial charge is 0.416 e. The van der Waals surface area contributed by atoms with E-state index in [1.165, 1.54) is 53.7 Å². The Morgan fingerprint density at radius 1 is 1.09 bits per heavy atom. The fourth-order valence-electron chi connectivity index (χ4n) is 3.69. The molecule has 1 fully saturated rings. The van der Waals surface area contributed by atoms with Crippen LogP contribution in [0, 0.1) is 0 Å². The lowest BCUT2D eigenvalue weighted by molar-refractivity contribution is -0.137. The van der Waals surface area contributed by atoms with Crippen molar-refractivity contribution in [3.05, 3.63) is 65.2 Å². The van der Waals surface area contributed by atoms with E-state index >= 15 is 0 Å². The Morgan fingerprint density at radius 3 is 2.32 bits per heavy atom. The number of piperidine rings is 1. The number of halogens is 3. The van der Waals surface area contributed by atoms with Gasteiger partial charge in [0.15, 0.2) is 0 Å². The first-order valence-corrected chi connectivity index (χ1v) is 12.2. The summed E-state index contributed by atoms with van der Waals surface area (Å²) in [5.74, 6) is -0.148. The summed E-state index contributed by atoms with van der Waals surface area (Å²) in [5.41, 5.74) is 0.309. The molecule has 0 atom stereocenters. The maximum absolute atomic E-state index is 13.1. The van der Waals surface area contributed by atoms with E-state index in [9.17, 15) is 26.4 Å². The zero-order chi connectivity index (χ0) is 24.9. The first kappa shape index (κ1) is 25.8. The number of likely N-dealkylation sites (N-methyl/N-ethyl adjacent to an activating group) is 1. The predicted molar refractivity (Wildman–Crippen MR) is 123 cm³/mol. The number of methoxy groups -OCH3 is 1. The minimum atomic E-state index is -4.41. The van der Waals surface area contributed by atoms with E-state index in [1.807, 2.05) is 0 Å². The molecule has 1 saturated heterocycles. The number of amides is 1. The molecule has 0 saturated carbocycles. The predicted octanol–water partition coefficient (Wildman–Crippen LogP) is 4.56. The summed E-state index contributed by atoms with van der Waals surface area (Å²) >= 11 is 0. The highest BCUT2D eigenvalue weighted by molar-refractivity contribution is 7.89. The molecule has 1 heterocycles. The first-order valence-electron chi connectivity index (χ1n) is 10.8. The molecule has 1 aliphatic rings. The lowest BCUT2D eigenvalue weighted by Gasteiger charge is -2.26. The molecule has 1 aliphatic heterocycles. The molecule has 10 heteroatoms. The van der Waals surface area contributed by atoms with Crippen LogP contribution in [0.25, 0.3) is 6.08 Å². The van der Waals surface area contributed by atoms with Crippen molar-refractivity contribution in [2.45, 2.75) is 36.9 Å². The highest BCUT2D eigenvalue weighted by atomic mass is 32.2. The van der Waals surface area contributed by atoms with Gasteiger partial charge in [0.25, 0.3) is 0 Å². The minimum Gasteiger partial charge on any atom is -0.495 e. The van der Waals surface area contributed by atoms with Crippen molar-refractivity contribution in [1.82, 2.24) is 9.21 Å². The van der Waals surface area contributed by atoms with Gasteiger partial charge in [0, 0.05) is 32.8 Å². The van der Waals surface area contributed by atoms with Gasteiger partial charge >= 0.3 is 6.18 Å². The Hall–Kier alpha value is -2.85. The number of alkyl halides is 3. The van der Waals surface area contributed by atoms with Crippen LogP contribution >= 0.6 is 0 Å². The topological polar surface area (TPSA) is 66.9 Å². The molecule has 3 rings (SSSR count). The molecule has 0 aliphatic carbocycles. The van der Waals surface area contributed by atoms with Crippen LogP contribution in [-0.2, 0) is 27.5 Å². The normalized spacial score (nSPS) is 15.4. The van der Waals surface area contributed by atoms with Crippen LogP contribution in [0.2, 0.25) is 0 Å². The Balaban J connectivity index is 1.73. The van der Waals surface area contributed by atoms with Gasteiger partial charge in [-0.1, -0.05) is 24.6 Å². The fraction of sp³-hybridized carbons (Fsp3) is 0.375. The van der Waals surface area contributed by atoms with Gasteiger partial charge in [0.1, 0.15) is 10.6 Å². The van der Waals surface area contributed by atoms with E-state index in [2.05, 4.69) is 0 Å². The van der Waals surface area contributed by atoms with Gasteiger partial charge in [0.2, 0.25) is 15.9 Å². The van der Waals surface area contributed by atoms with Crippen LogP contribution < -0.4 is 4.74 Å². The number of benzene rings is 2. The Labute approximate surface area is 197 Å². The van der Waals surface area contributed by atoms with E-state index < -0.39 is 21.8 Å². The number of sulfonamides is 1. The van der Waals surface area contributed by atoms with Crippen LogP contribution in [0.3, 0.4) is 0 Å². The lowest BCUT2D eigenvalue weighted by atomic mass is 10.1. The van der Waals surface area contributed by atoms with Gasteiger partial charge in [-0.25, -0.2) is 8.42 Å². The van der Waals surface area contributed by atoms with Crippen LogP contribution in [0.4, 0.5) is 13.2 Å². The van der Waals surface area contributed by atoms with E-state index in [-0.39, 0.29) is 23.1 Å². The molecule has 0 bridgehead atoms. The van der Waals surface area contributed by atoms with E-state index in [4.69, 9.17) is 4.74 Å². The second kappa shape index (κ2) is 10.6. The van der Waals surface area contributed by atoms with E-state index in [1.54, 1.807) is 12.1 Å². The maximum Gasteiger partial charge on any atom is 0.416 e. The van der Waals surface area contributed by atoms with E-state index in [0.717, 1.165) is 31.4 Å². The minimum absolute atomic E-state index is 0.0459. The summed E-state index contributed by atoms with van der Waals surface area (Å²) in [4.78, 5) is 13.9. The van der Waals surface area contributed by atoms with Crippen molar-refractivity contribution in [3.8, 4) is 5.75 Å². The molecule has 1 amide bonds. The zero-order valence-electron chi connectivity index (χ0n) is 19.0. The van der Waals surface area contributed by atoms with Crippen LogP contribution in [-0.4, -0.2) is 50.8 Å². The number of ether oxygens (including phenoxy) is 1. The van der Waals surface area contributed by atoms with Gasteiger partial charge in [-0.2, -0.15) is 17.5 Å². The molecule has 34 heavy (non-hydrogen) atoms. The molecule has 6 nitrogen and oxygen atoms in total. The van der Waals surface area contributed by atoms with Gasteiger partial charge in [0.05, 0.1) is 12.7 Å². The number of hydrogen-bond donors (Lipinski definition) is 0. The van der Waals surface area contributed by atoms with Crippen LogP contribution in [0.5, 0.6) is 5.75 Å². The van der Waals surface area contributed by atoms with Crippen molar-refractivity contribution >= 4 is 22.0 Å². The van der Waals surface area contributed by atoms with Gasteiger partial charge in [-0.05, 0) is 54.3 Å². The summed E-state index contributed by atoms with van der Waals surface area (Å²) < 4.78 is 71.1. The molecule has 2 aromatic rings. The molecular formula is C24H27F3N2O4S. The van der Waals surface area contributed by atoms with E-state index in [0.29, 0.717) is 24.2 Å². The molecule has 0 aromatic heterocycles. The Kier molecular flexibility index (Phi) is 8.04. The molecule has 0 spiro atoms. The maximum atomic E-state index is 13.1. The third kappa shape index (κ3) is 6.18. The summed E-state index contributed by atoms with van der Waals surface area (Å²) in [6, 6.07) is 9.29. The Bertz CT molecular complexity index is 1140. The second-order valence-electron chi connectivity index (χ2n) is 8.10. The third-order valence-electron chi connectivity index (χ3n) is 5.62. The average Bonchev–Trinajstić information content (AvgIpc) is 2.82. The standard InChI is InChI=1S/C24H27F3N2O4S/c1-28(17-19-6-10-20(11-7-19)24(25,26)27)23(30)13-9-18-8-12-21(33-2)22(16-18)34(31,32)29-14-4-3-5-15-29/h6-13,16H,3-5,14-15,17H2,1-2H3/b13-9+. The molecule has 0 N–H and O–H groups in total. The fourth-order valence-corrected chi connectivity index (χ4v) is 5.40. The third-order valence-corrected chi connectivity index (χ3v) is 7.54. The second-order valence-corrected chi connectivity index (χ2v) is 10.0. The summed E-state index contributed by atoms with van der Waals surface area (Å²) in [6.07, 6.45) is 0.987. The molecule has 184 valence electrons. The molecule has 0 radical (unpaired) electrons. The lowest BCUT2D eigenvalue weighted by Crippen LogP contribution is -2.35. The van der Waals surface area contributed by atoms with Crippen molar-refractivity contribution in [3.63, 3.8) is 0 Å². The number of hydrogen-bond acceptors (Lipinski definition) is 4. The summed E-state index contributed by atoms with van der Waals surface area (Å²) in [5, 5.41) is 0. The molecule has 2 aromatic carbocycles. The number of nitrogens with zero attached hydrogens (tertiary/aromatic N) is 2. The molecule has 0 unspecified atom stereocenters. The monoisotopic (exact) mass is 496 g/mol. The average molecular weight is 497 g/mol. The van der Waals surface area contributed by atoms with Crippen LogP contribution in [0.15, 0.2) is 53.4 Å². The number of carbonyl (C=O) groups is 1. The zero-order valence-corrected chi connectivity index (χ0v) is 19.8. The Morgan fingerprint density at radius 2 is 1.74 bits per heavy atom. The van der Waals surface area contributed by atoms with Crippen molar-refractivity contribution in [2.75, 3.05) is 27.2 Å². The van der Waals surface area contributed by atoms with Crippen molar-refractivity contribution in [2.24, 2.45) is 0 Å². The van der Waals surface area contributed by atoms with Crippen molar-refractivity contribution in [1.29, 1.82) is 0 Å². The SMILES string of the molecule is COc1ccc(/C=C/C(=O)N(C)Cc2ccc(C(F)(F)F)cc2)cc1S(=O)(=O)N1CCCCC1. The first-order chi connectivity index (χ1) is 16.0. The van der Waals surface area contributed by atoms with Gasteiger partial charge in [-0.15, -0.1) is 0 Å². The largest absolute Gasteiger partial charge is 0.495 e. The van der Waals surface area contributed by atoms with Crippen LogP contribution in [0.1, 0.15) is 36.0 Å². The summed E-state index contributed by atoms with van der Waals surface area (Å²) in [6.45, 7) is 1.04. The highest BCUT2D eigenvalue weighted by Crippen LogP contribution is 2.30. The quantitative estimate of drug-likeness (QED) is 0.527. The van der Waals surface area contributed by atoms with Gasteiger partial charge < -0.3 is 9.64 Å². The number of carbonyl (C=O) groups excluding carboxylic acids is 1. The molecular weight excluding hydrogens is 469 g/mol.